The molecule has 0 unspecified atom stereocenters. The first-order chi connectivity index (χ1) is 13.0. The Kier molecular flexibility index (Phi) is 6.10. The lowest BCUT2D eigenvalue weighted by atomic mass is 10.0. The molecule has 140 valence electrons. The van der Waals surface area contributed by atoms with Gasteiger partial charge in [-0.1, -0.05) is 30.3 Å². The van der Waals surface area contributed by atoms with Crippen LogP contribution in [0.5, 0.6) is 0 Å². The molecule has 0 aliphatic carbocycles. The monoisotopic (exact) mass is 478 g/mol. The number of benzene rings is 2. The van der Waals surface area contributed by atoms with Crippen LogP contribution in [0, 0.1) is 3.57 Å². The van der Waals surface area contributed by atoms with Crippen LogP contribution in [-0.2, 0) is 14.3 Å². The summed E-state index contributed by atoms with van der Waals surface area (Å²) in [5.74, 6) is -0.997. The molecule has 1 N–H and O–H groups in total. The molecule has 0 spiro atoms. The van der Waals surface area contributed by atoms with Crippen molar-refractivity contribution in [3.63, 3.8) is 0 Å². The highest BCUT2D eigenvalue weighted by atomic mass is 127. The second-order valence-corrected chi connectivity index (χ2v) is 7.29. The van der Waals surface area contributed by atoms with Crippen molar-refractivity contribution in [2.24, 2.45) is 0 Å². The summed E-state index contributed by atoms with van der Waals surface area (Å²) in [5.41, 5.74) is 1.58. The van der Waals surface area contributed by atoms with E-state index in [-0.39, 0.29) is 31.4 Å². The van der Waals surface area contributed by atoms with Gasteiger partial charge in [-0.05, 0) is 53.3 Å². The third-order valence-electron chi connectivity index (χ3n) is 4.27. The largest absolute Gasteiger partial charge is 0.466 e. The number of nitrogens with zero attached hydrogens (tertiary/aromatic N) is 1. The van der Waals surface area contributed by atoms with E-state index in [2.05, 4.69) is 27.9 Å². The number of amides is 2. The van der Waals surface area contributed by atoms with Gasteiger partial charge in [-0.3, -0.25) is 14.4 Å². The molecule has 27 heavy (non-hydrogen) atoms. The fourth-order valence-corrected chi connectivity index (χ4v) is 3.55. The van der Waals surface area contributed by atoms with Crippen molar-refractivity contribution in [3.05, 3.63) is 63.2 Å². The Balaban J connectivity index is 2.01. The van der Waals surface area contributed by atoms with E-state index in [0.717, 1.165) is 3.57 Å². The molecule has 7 heteroatoms. The Hall–Kier alpha value is -2.42. The van der Waals surface area contributed by atoms with Gasteiger partial charge in [-0.25, -0.2) is 0 Å². The van der Waals surface area contributed by atoms with Crippen LogP contribution in [0.25, 0.3) is 0 Å². The van der Waals surface area contributed by atoms with Gasteiger partial charge in [-0.15, -0.1) is 0 Å². The van der Waals surface area contributed by atoms with E-state index in [0.29, 0.717) is 16.8 Å². The topological polar surface area (TPSA) is 75.7 Å². The standard InChI is InChI=1S/C20H19IN2O4/c1-2-27-17(24)10-11-23-18(13-6-4-3-5-7-13)19(25)22-16-9-8-14(21)12-15(16)20(23)26/h3-9,12,18H,2,10-11H2,1H3,(H,22,25)/t18-/m0/s1. The number of esters is 1. The Bertz CT molecular complexity index is 870. The van der Waals surface area contributed by atoms with Crippen molar-refractivity contribution in [3.8, 4) is 0 Å². The third kappa shape index (κ3) is 4.29. The number of hydrogen-bond acceptors (Lipinski definition) is 4. The molecule has 2 amide bonds. The molecule has 2 aromatic rings. The first-order valence-corrected chi connectivity index (χ1v) is 9.71. The molecule has 0 aromatic heterocycles. The number of anilines is 1. The summed E-state index contributed by atoms with van der Waals surface area (Å²) >= 11 is 2.12. The Morgan fingerprint density at radius 2 is 1.93 bits per heavy atom. The zero-order valence-electron chi connectivity index (χ0n) is 14.8. The maximum Gasteiger partial charge on any atom is 0.307 e. The van der Waals surface area contributed by atoms with Gasteiger partial charge in [0.2, 0.25) is 0 Å². The summed E-state index contributed by atoms with van der Waals surface area (Å²) in [6.07, 6.45) is 0.0233. The summed E-state index contributed by atoms with van der Waals surface area (Å²) in [5, 5.41) is 2.85. The second kappa shape index (κ2) is 8.51. The minimum absolute atomic E-state index is 0.0233. The summed E-state index contributed by atoms with van der Waals surface area (Å²) in [6.45, 7) is 2.10. The molecule has 0 radical (unpaired) electrons. The summed E-state index contributed by atoms with van der Waals surface area (Å²) < 4.78 is 5.86. The number of nitrogens with one attached hydrogen (secondary N) is 1. The number of ether oxygens (including phenoxy) is 1. The molecular weight excluding hydrogens is 459 g/mol. The molecule has 1 heterocycles. The highest BCUT2D eigenvalue weighted by Crippen LogP contribution is 2.31. The van der Waals surface area contributed by atoms with E-state index < -0.39 is 12.0 Å². The normalized spacial score (nSPS) is 16.4. The van der Waals surface area contributed by atoms with Crippen LogP contribution in [0.4, 0.5) is 5.69 Å². The number of rotatable bonds is 5. The SMILES string of the molecule is CCOC(=O)CCN1C(=O)c2cc(I)ccc2NC(=O)[C@@H]1c1ccccc1. The van der Waals surface area contributed by atoms with Crippen molar-refractivity contribution in [2.75, 3.05) is 18.5 Å². The average molecular weight is 478 g/mol. The Labute approximate surface area is 171 Å². The molecule has 1 aliphatic rings. The third-order valence-corrected chi connectivity index (χ3v) is 4.94. The molecular formula is C20H19IN2O4. The van der Waals surface area contributed by atoms with Crippen molar-refractivity contribution in [2.45, 2.75) is 19.4 Å². The number of carbonyl (C=O) groups excluding carboxylic acids is 3. The van der Waals surface area contributed by atoms with Crippen molar-refractivity contribution in [1.82, 2.24) is 4.90 Å². The van der Waals surface area contributed by atoms with Crippen molar-refractivity contribution < 1.29 is 19.1 Å². The quantitative estimate of drug-likeness (QED) is 0.529. The predicted molar refractivity (Wildman–Crippen MR) is 109 cm³/mol. The van der Waals surface area contributed by atoms with Crippen LogP contribution in [0.3, 0.4) is 0 Å². The predicted octanol–water partition coefficient (Wildman–Crippen LogP) is 3.38. The fraction of sp³-hybridized carbons (Fsp3) is 0.250. The summed E-state index contributed by atoms with van der Waals surface area (Å²) in [7, 11) is 0. The molecule has 0 saturated heterocycles. The van der Waals surface area contributed by atoms with E-state index in [4.69, 9.17) is 4.74 Å². The maximum absolute atomic E-state index is 13.3. The van der Waals surface area contributed by atoms with Gasteiger partial charge in [0, 0.05) is 10.1 Å². The van der Waals surface area contributed by atoms with Crippen LogP contribution in [0.15, 0.2) is 48.5 Å². The van der Waals surface area contributed by atoms with E-state index >= 15 is 0 Å². The van der Waals surface area contributed by atoms with E-state index in [1.165, 1.54) is 4.90 Å². The summed E-state index contributed by atoms with van der Waals surface area (Å²) in [6, 6.07) is 13.6. The van der Waals surface area contributed by atoms with Crippen LogP contribution in [-0.4, -0.2) is 35.8 Å². The smallest absolute Gasteiger partial charge is 0.307 e. The highest BCUT2D eigenvalue weighted by Gasteiger charge is 2.36. The van der Waals surface area contributed by atoms with Gasteiger partial charge in [0.1, 0.15) is 6.04 Å². The molecule has 2 aromatic carbocycles. The van der Waals surface area contributed by atoms with Gasteiger partial charge in [0.05, 0.1) is 24.3 Å². The minimum atomic E-state index is -0.821. The lowest BCUT2D eigenvalue weighted by Crippen LogP contribution is -2.40. The van der Waals surface area contributed by atoms with Crippen LogP contribution < -0.4 is 5.32 Å². The highest BCUT2D eigenvalue weighted by molar-refractivity contribution is 14.1. The molecule has 1 atom stereocenters. The minimum Gasteiger partial charge on any atom is -0.466 e. The molecule has 6 nitrogen and oxygen atoms in total. The molecule has 3 rings (SSSR count). The van der Waals surface area contributed by atoms with Gasteiger partial charge in [0.15, 0.2) is 0 Å². The Morgan fingerprint density at radius 1 is 1.19 bits per heavy atom. The van der Waals surface area contributed by atoms with E-state index in [1.54, 1.807) is 31.2 Å². The maximum atomic E-state index is 13.3. The zero-order valence-corrected chi connectivity index (χ0v) is 16.9. The van der Waals surface area contributed by atoms with E-state index in [9.17, 15) is 14.4 Å². The number of fused-ring (bicyclic) bond motifs is 1. The van der Waals surface area contributed by atoms with Crippen LogP contribution in [0.1, 0.15) is 35.3 Å². The zero-order chi connectivity index (χ0) is 19.4. The Morgan fingerprint density at radius 3 is 2.63 bits per heavy atom. The average Bonchev–Trinajstić information content (AvgIpc) is 2.76. The first-order valence-electron chi connectivity index (χ1n) is 8.63. The molecule has 0 fully saturated rings. The number of carbonyl (C=O) groups is 3. The van der Waals surface area contributed by atoms with Gasteiger partial charge < -0.3 is 15.0 Å². The van der Waals surface area contributed by atoms with E-state index in [1.807, 2.05) is 24.3 Å². The summed E-state index contributed by atoms with van der Waals surface area (Å²) in [4.78, 5) is 39.5. The first kappa shape index (κ1) is 19.3. The lowest BCUT2D eigenvalue weighted by molar-refractivity contribution is -0.143. The van der Waals surface area contributed by atoms with Gasteiger partial charge in [-0.2, -0.15) is 0 Å². The van der Waals surface area contributed by atoms with Crippen molar-refractivity contribution in [1.29, 1.82) is 0 Å². The van der Waals surface area contributed by atoms with Crippen molar-refractivity contribution >= 4 is 46.1 Å². The second-order valence-electron chi connectivity index (χ2n) is 6.05. The number of hydrogen-bond donors (Lipinski definition) is 1. The molecule has 0 bridgehead atoms. The van der Waals surface area contributed by atoms with Crippen LogP contribution >= 0.6 is 22.6 Å². The van der Waals surface area contributed by atoms with Gasteiger partial charge >= 0.3 is 5.97 Å². The molecule has 1 aliphatic heterocycles. The van der Waals surface area contributed by atoms with Gasteiger partial charge in [0.25, 0.3) is 11.8 Å². The number of halogens is 1. The lowest BCUT2D eigenvalue weighted by Gasteiger charge is -2.28. The van der Waals surface area contributed by atoms with Crippen LogP contribution in [0.2, 0.25) is 0 Å². The fourth-order valence-electron chi connectivity index (χ4n) is 3.06. The molecule has 0 saturated carbocycles.